The number of carboxylic acids is 1. The Morgan fingerprint density at radius 2 is 1.69 bits per heavy atom. The zero-order valence-corrected chi connectivity index (χ0v) is 19.5. The van der Waals surface area contributed by atoms with Crippen LogP contribution >= 0.6 is 0 Å². The highest BCUT2D eigenvalue weighted by Crippen LogP contribution is 2.44. The van der Waals surface area contributed by atoms with Gasteiger partial charge in [0.05, 0.1) is 6.61 Å². The number of aliphatic carboxylic acids is 1. The first-order chi connectivity index (χ1) is 17.0. The molecule has 0 spiro atoms. The van der Waals surface area contributed by atoms with E-state index in [9.17, 15) is 19.5 Å². The lowest BCUT2D eigenvalue weighted by Gasteiger charge is -2.37. The maximum Gasteiger partial charge on any atom is 0.407 e. The minimum atomic E-state index is -1.06. The fraction of sp³-hybridized carbons (Fsp3) is 0.444. The van der Waals surface area contributed by atoms with Crippen LogP contribution in [0.25, 0.3) is 11.1 Å². The average molecular weight is 479 g/mol. The molecule has 2 aromatic carbocycles. The summed E-state index contributed by atoms with van der Waals surface area (Å²) in [6.45, 7) is 0.964. The van der Waals surface area contributed by atoms with Crippen molar-refractivity contribution in [1.82, 2.24) is 10.6 Å². The third-order valence-corrected chi connectivity index (χ3v) is 7.55. The van der Waals surface area contributed by atoms with Crippen LogP contribution in [0.4, 0.5) is 4.79 Å². The molecule has 1 aliphatic heterocycles. The van der Waals surface area contributed by atoms with Gasteiger partial charge < -0.3 is 25.2 Å². The molecule has 1 saturated heterocycles. The number of carboxylic acid groups (broad SMARTS) is 1. The first kappa shape index (κ1) is 23.4. The summed E-state index contributed by atoms with van der Waals surface area (Å²) in [5, 5.41) is 15.2. The predicted molar refractivity (Wildman–Crippen MR) is 128 cm³/mol. The third kappa shape index (κ3) is 4.62. The molecular weight excluding hydrogens is 448 g/mol. The topological polar surface area (TPSA) is 114 Å². The number of benzene rings is 2. The second kappa shape index (κ2) is 9.70. The van der Waals surface area contributed by atoms with Crippen molar-refractivity contribution in [1.29, 1.82) is 0 Å². The van der Waals surface area contributed by atoms with Crippen molar-refractivity contribution >= 4 is 18.0 Å². The number of ether oxygens (including phenoxy) is 2. The molecular formula is C27H30N2O6. The van der Waals surface area contributed by atoms with Gasteiger partial charge >= 0.3 is 12.1 Å². The lowest BCUT2D eigenvalue weighted by Crippen LogP contribution is -2.53. The van der Waals surface area contributed by atoms with Crippen LogP contribution in [-0.2, 0) is 19.1 Å². The first-order valence-electron chi connectivity index (χ1n) is 12.2. The number of amides is 2. The summed E-state index contributed by atoms with van der Waals surface area (Å²) in [4.78, 5) is 36.7. The van der Waals surface area contributed by atoms with Crippen LogP contribution < -0.4 is 10.6 Å². The van der Waals surface area contributed by atoms with Gasteiger partial charge in [-0.2, -0.15) is 0 Å². The van der Waals surface area contributed by atoms with Gasteiger partial charge in [0.2, 0.25) is 5.91 Å². The Bertz CT molecular complexity index is 1070. The summed E-state index contributed by atoms with van der Waals surface area (Å²) in [7, 11) is 0. The zero-order chi connectivity index (χ0) is 24.4. The van der Waals surface area contributed by atoms with Crippen molar-refractivity contribution in [3.8, 4) is 11.1 Å². The van der Waals surface area contributed by atoms with Gasteiger partial charge in [-0.25, -0.2) is 4.79 Å². The molecule has 8 nitrogen and oxygen atoms in total. The molecule has 2 amide bonds. The maximum atomic E-state index is 12.5. The lowest BCUT2D eigenvalue weighted by molar-refractivity contribution is -0.157. The molecule has 0 radical (unpaired) electrons. The van der Waals surface area contributed by atoms with Crippen molar-refractivity contribution in [2.24, 2.45) is 11.3 Å². The average Bonchev–Trinajstić information content (AvgIpc) is 3.17. The van der Waals surface area contributed by atoms with Crippen LogP contribution in [0.2, 0.25) is 0 Å². The highest BCUT2D eigenvalue weighted by Gasteiger charge is 2.42. The van der Waals surface area contributed by atoms with E-state index in [0.29, 0.717) is 32.3 Å². The van der Waals surface area contributed by atoms with Gasteiger partial charge in [0, 0.05) is 31.0 Å². The molecule has 5 rings (SSSR count). The zero-order valence-electron chi connectivity index (χ0n) is 19.5. The van der Waals surface area contributed by atoms with Crippen LogP contribution in [0, 0.1) is 11.3 Å². The number of hydrogen-bond donors (Lipinski definition) is 3. The van der Waals surface area contributed by atoms with Crippen LogP contribution in [0.3, 0.4) is 0 Å². The number of fused-ring (bicyclic) bond motifs is 3. The lowest BCUT2D eigenvalue weighted by atomic mass is 9.78. The highest BCUT2D eigenvalue weighted by molar-refractivity contribution is 5.82. The molecule has 0 bridgehead atoms. The molecule has 1 unspecified atom stereocenters. The van der Waals surface area contributed by atoms with Gasteiger partial charge in [-0.05, 0) is 47.9 Å². The van der Waals surface area contributed by atoms with Crippen LogP contribution in [0.5, 0.6) is 0 Å². The van der Waals surface area contributed by atoms with Gasteiger partial charge in [-0.1, -0.05) is 48.5 Å². The minimum absolute atomic E-state index is 0.00149. The Morgan fingerprint density at radius 3 is 2.29 bits per heavy atom. The Morgan fingerprint density at radius 1 is 1.03 bits per heavy atom. The van der Waals surface area contributed by atoms with E-state index < -0.39 is 17.5 Å². The van der Waals surface area contributed by atoms with E-state index in [4.69, 9.17) is 9.47 Å². The SMILES string of the molecule is O=C(NC1CC(C(=O)NCC2(C(=O)O)CCCOC2)C1)OCC1c2ccccc2-c2ccccc21. The fourth-order valence-corrected chi connectivity index (χ4v) is 5.39. The Hall–Kier alpha value is -3.39. The number of hydrogen-bond acceptors (Lipinski definition) is 5. The summed E-state index contributed by atoms with van der Waals surface area (Å²) in [6, 6.07) is 16.2. The standard InChI is InChI=1S/C27H30N2O6/c30-24(28-15-27(25(31)32)10-5-11-34-16-27)17-12-18(13-17)29-26(33)35-14-23-21-8-3-1-6-19(21)20-7-2-4-9-22(20)23/h1-4,6-9,17-18,23H,5,10-16H2,(H,28,30)(H,29,33)(H,31,32). The summed E-state index contributed by atoms with van der Waals surface area (Å²) in [6.07, 6.45) is 1.68. The molecule has 1 saturated carbocycles. The minimum Gasteiger partial charge on any atom is -0.481 e. The van der Waals surface area contributed by atoms with Crippen LogP contribution in [0.1, 0.15) is 42.7 Å². The van der Waals surface area contributed by atoms with Gasteiger partial charge in [0.15, 0.2) is 0 Å². The maximum absolute atomic E-state index is 12.5. The first-order valence-corrected chi connectivity index (χ1v) is 12.2. The Labute approximate surface area is 204 Å². The van der Waals surface area contributed by atoms with E-state index in [0.717, 1.165) is 11.1 Å². The molecule has 1 heterocycles. The molecule has 3 aliphatic rings. The van der Waals surface area contributed by atoms with Crippen molar-refractivity contribution in [2.45, 2.75) is 37.6 Å². The molecule has 35 heavy (non-hydrogen) atoms. The molecule has 2 fully saturated rings. The molecule has 3 N–H and O–H groups in total. The second-order valence-electron chi connectivity index (χ2n) is 9.79. The molecule has 8 heteroatoms. The molecule has 184 valence electrons. The fourth-order valence-electron chi connectivity index (χ4n) is 5.39. The van der Waals surface area contributed by atoms with E-state index in [2.05, 4.69) is 34.9 Å². The number of rotatable bonds is 7. The van der Waals surface area contributed by atoms with E-state index in [1.165, 1.54) is 11.1 Å². The van der Waals surface area contributed by atoms with E-state index >= 15 is 0 Å². The number of carbonyl (C=O) groups excluding carboxylic acids is 2. The Kier molecular flexibility index (Phi) is 6.47. The van der Waals surface area contributed by atoms with Crippen molar-refractivity contribution < 1.29 is 29.0 Å². The highest BCUT2D eigenvalue weighted by atomic mass is 16.5. The number of carbonyl (C=O) groups is 3. The summed E-state index contributed by atoms with van der Waals surface area (Å²) in [5.41, 5.74) is 3.61. The van der Waals surface area contributed by atoms with E-state index in [-0.39, 0.29) is 43.5 Å². The quantitative estimate of drug-likeness (QED) is 0.563. The summed E-state index contributed by atoms with van der Waals surface area (Å²) in [5.74, 6) is -1.37. The van der Waals surface area contributed by atoms with Crippen LogP contribution in [0.15, 0.2) is 48.5 Å². The number of nitrogens with one attached hydrogen (secondary N) is 2. The van der Waals surface area contributed by atoms with Gasteiger partial charge in [0.1, 0.15) is 12.0 Å². The third-order valence-electron chi connectivity index (χ3n) is 7.55. The Balaban J connectivity index is 1.08. The van der Waals surface area contributed by atoms with E-state index in [1.807, 2.05) is 24.3 Å². The number of alkyl carbamates (subject to hydrolysis) is 1. The van der Waals surface area contributed by atoms with Crippen molar-refractivity contribution in [2.75, 3.05) is 26.4 Å². The van der Waals surface area contributed by atoms with Crippen LogP contribution in [-0.4, -0.2) is 55.5 Å². The van der Waals surface area contributed by atoms with Crippen molar-refractivity contribution in [3.05, 3.63) is 59.7 Å². The smallest absolute Gasteiger partial charge is 0.407 e. The summed E-state index contributed by atoms with van der Waals surface area (Å²) >= 11 is 0. The normalized spacial score (nSPS) is 25.0. The summed E-state index contributed by atoms with van der Waals surface area (Å²) < 4.78 is 10.9. The second-order valence-corrected chi connectivity index (χ2v) is 9.79. The molecule has 2 aliphatic carbocycles. The predicted octanol–water partition coefficient (Wildman–Crippen LogP) is 3.30. The molecule has 1 atom stereocenters. The van der Waals surface area contributed by atoms with Crippen molar-refractivity contribution in [3.63, 3.8) is 0 Å². The monoisotopic (exact) mass is 478 g/mol. The van der Waals surface area contributed by atoms with E-state index in [1.54, 1.807) is 0 Å². The van der Waals surface area contributed by atoms with Gasteiger partial charge in [-0.3, -0.25) is 9.59 Å². The van der Waals surface area contributed by atoms with Gasteiger partial charge in [-0.15, -0.1) is 0 Å². The molecule has 0 aromatic heterocycles. The van der Waals surface area contributed by atoms with Gasteiger partial charge in [0.25, 0.3) is 0 Å². The largest absolute Gasteiger partial charge is 0.481 e. The molecule has 2 aromatic rings.